The summed E-state index contributed by atoms with van der Waals surface area (Å²) in [7, 11) is 0. The number of pyridine rings is 1. The zero-order chi connectivity index (χ0) is 20.4. The van der Waals surface area contributed by atoms with Crippen LogP contribution in [0.4, 0.5) is 19.0 Å². The van der Waals surface area contributed by atoms with Crippen LogP contribution in [0.2, 0.25) is 0 Å². The SMILES string of the molecule is O=C(NC1CCN(c2ccc(C(F)(F)F)cn2)C1)c1cc(-c2ccccc2)n[nH]1. The predicted molar refractivity (Wildman–Crippen MR) is 101 cm³/mol. The number of halogens is 3. The van der Waals surface area contributed by atoms with Crippen molar-refractivity contribution in [2.75, 3.05) is 18.0 Å². The topological polar surface area (TPSA) is 73.9 Å². The van der Waals surface area contributed by atoms with Crippen molar-refractivity contribution in [3.63, 3.8) is 0 Å². The van der Waals surface area contributed by atoms with Crippen LogP contribution in [-0.2, 0) is 6.18 Å². The molecule has 150 valence electrons. The van der Waals surface area contributed by atoms with Gasteiger partial charge >= 0.3 is 6.18 Å². The second-order valence-corrected chi connectivity index (χ2v) is 6.84. The molecule has 4 rings (SSSR count). The van der Waals surface area contributed by atoms with Crippen LogP contribution in [0.15, 0.2) is 54.7 Å². The van der Waals surface area contributed by atoms with Crippen LogP contribution in [0, 0.1) is 0 Å². The van der Waals surface area contributed by atoms with Crippen LogP contribution in [0.1, 0.15) is 22.5 Å². The third kappa shape index (κ3) is 4.23. The lowest BCUT2D eigenvalue weighted by Crippen LogP contribution is -2.37. The van der Waals surface area contributed by atoms with Crippen molar-refractivity contribution in [2.24, 2.45) is 0 Å². The number of H-pyrrole nitrogens is 1. The van der Waals surface area contributed by atoms with Crippen molar-refractivity contribution in [2.45, 2.75) is 18.6 Å². The number of nitrogens with zero attached hydrogens (tertiary/aromatic N) is 3. The van der Waals surface area contributed by atoms with E-state index in [1.54, 1.807) is 6.07 Å². The van der Waals surface area contributed by atoms with E-state index in [-0.39, 0.29) is 11.9 Å². The Kier molecular flexibility index (Phi) is 4.96. The minimum absolute atomic E-state index is 0.130. The van der Waals surface area contributed by atoms with Crippen LogP contribution in [0.3, 0.4) is 0 Å². The molecule has 3 heterocycles. The molecule has 2 aromatic heterocycles. The quantitative estimate of drug-likeness (QED) is 0.702. The monoisotopic (exact) mass is 401 g/mol. The number of carbonyl (C=O) groups excluding carboxylic acids is 1. The second kappa shape index (κ2) is 7.57. The molecule has 1 amide bonds. The Bertz CT molecular complexity index is 985. The summed E-state index contributed by atoms with van der Waals surface area (Å²) in [5, 5.41) is 9.86. The standard InChI is InChI=1S/C20H18F3N5O/c21-20(22,23)14-6-7-18(24-11-14)28-9-8-15(12-28)25-19(29)17-10-16(26-27-17)13-4-2-1-3-5-13/h1-7,10-11,15H,8-9,12H2,(H,25,29)(H,26,27). The summed E-state index contributed by atoms with van der Waals surface area (Å²) in [5.74, 6) is 0.189. The highest BCUT2D eigenvalue weighted by molar-refractivity contribution is 5.93. The first-order chi connectivity index (χ1) is 13.9. The highest BCUT2D eigenvalue weighted by Crippen LogP contribution is 2.30. The fraction of sp³-hybridized carbons (Fsp3) is 0.250. The van der Waals surface area contributed by atoms with Gasteiger partial charge in [0.05, 0.1) is 11.3 Å². The Morgan fingerprint density at radius 2 is 1.97 bits per heavy atom. The van der Waals surface area contributed by atoms with Gasteiger partial charge < -0.3 is 10.2 Å². The first-order valence-electron chi connectivity index (χ1n) is 9.10. The van der Waals surface area contributed by atoms with Gasteiger partial charge in [0.25, 0.3) is 5.91 Å². The number of amides is 1. The Morgan fingerprint density at radius 1 is 1.17 bits per heavy atom. The molecular formula is C20H18F3N5O. The average Bonchev–Trinajstić information content (AvgIpc) is 3.38. The van der Waals surface area contributed by atoms with Crippen LogP contribution >= 0.6 is 0 Å². The second-order valence-electron chi connectivity index (χ2n) is 6.84. The molecule has 9 heteroatoms. The summed E-state index contributed by atoms with van der Waals surface area (Å²) in [4.78, 5) is 18.3. The molecule has 1 unspecified atom stereocenters. The summed E-state index contributed by atoms with van der Waals surface area (Å²) >= 11 is 0. The number of aromatic amines is 1. The van der Waals surface area contributed by atoms with Crippen molar-refractivity contribution in [1.29, 1.82) is 0 Å². The van der Waals surface area contributed by atoms with Crippen LogP contribution in [0.5, 0.6) is 0 Å². The molecular weight excluding hydrogens is 383 g/mol. The third-order valence-corrected chi connectivity index (χ3v) is 4.81. The van der Waals surface area contributed by atoms with Crippen LogP contribution in [-0.4, -0.2) is 40.2 Å². The van der Waals surface area contributed by atoms with E-state index >= 15 is 0 Å². The van der Waals surface area contributed by atoms with Crippen molar-refractivity contribution < 1.29 is 18.0 Å². The lowest BCUT2D eigenvalue weighted by Gasteiger charge is -2.18. The van der Waals surface area contributed by atoms with E-state index in [1.807, 2.05) is 35.2 Å². The number of hydrogen-bond acceptors (Lipinski definition) is 4. The van der Waals surface area contributed by atoms with Crippen molar-refractivity contribution in [3.05, 3.63) is 66.0 Å². The molecule has 0 bridgehead atoms. The predicted octanol–water partition coefficient (Wildman–Crippen LogP) is 3.50. The lowest BCUT2D eigenvalue weighted by atomic mass is 10.1. The minimum Gasteiger partial charge on any atom is -0.354 e. The molecule has 1 aliphatic rings. The summed E-state index contributed by atoms with van der Waals surface area (Å²) in [6.45, 7) is 1.07. The van der Waals surface area contributed by atoms with Gasteiger partial charge in [-0.05, 0) is 24.6 Å². The van der Waals surface area contributed by atoms with E-state index in [0.717, 1.165) is 17.8 Å². The Morgan fingerprint density at radius 3 is 2.66 bits per heavy atom. The van der Waals surface area contributed by atoms with Gasteiger partial charge in [-0.1, -0.05) is 30.3 Å². The first kappa shape index (κ1) is 19.0. The van der Waals surface area contributed by atoms with Crippen LogP contribution < -0.4 is 10.2 Å². The van der Waals surface area contributed by atoms with Gasteiger partial charge in [-0.3, -0.25) is 9.89 Å². The van der Waals surface area contributed by atoms with Crippen LogP contribution in [0.25, 0.3) is 11.3 Å². The maximum Gasteiger partial charge on any atom is 0.417 e. The first-order valence-corrected chi connectivity index (χ1v) is 9.10. The summed E-state index contributed by atoms with van der Waals surface area (Å²) in [5.41, 5.74) is 1.16. The molecule has 1 aromatic carbocycles. The molecule has 1 fully saturated rings. The number of aromatic nitrogens is 3. The Balaban J connectivity index is 1.36. The number of alkyl halides is 3. The molecule has 0 aliphatic carbocycles. The fourth-order valence-corrected chi connectivity index (χ4v) is 3.28. The van der Waals surface area contributed by atoms with Gasteiger partial charge in [0.15, 0.2) is 0 Å². The van der Waals surface area contributed by atoms with Crippen molar-refractivity contribution >= 4 is 11.7 Å². The molecule has 3 aromatic rings. The van der Waals surface area contributed by atoms with E-state index in [9.17, 15) is 18.0 Å². The van der Waals surface area contributed by atoms with Gasteiger partial charge in [0.2, 0.25) is 0 Å². The van der Waals surface area contributed by atoms with E-state index in [4.69, 9.17) is 0 Å². The maximum atomic E-state index is 12.7. The zero-order valence-electron chi connectivity index (χ0n) is 15.3. The van der Waals surface area contributed by atoms with Gasteiger partial charge in [0, 0.05) is 30.9 Å². The normalized spacial score (nSPS) is 16.8. The average molecular weight is 401 g/mol. The smallest absolute Gasteiger partial charge is 0.354 e. The number of benzene rings is 1. The molecule has 2 N–H and O–H groups in total. The van der Waals surface area contributed by atoms with E-state index in [1.165, 1.54) is 6.07 Å². The summed E-state index contributed by atoms with van der Waals surface area (Å²) in [6, 6.07) is 13.4. The van der Waals surface area contributed by atoms with Crippen molar-refractivity contribution in [3.8, 4) is 11.3 Å². The van der Waals surface area contributed by atoms with Gasteiger partial charge in [0.1, 0.15) is 11.5 Å². The van der Waals surface area contributed by atoms with E-state index in [2.05, 4.69) is 20.5 Å². The highest BCUT2D eigenvalue weighted by atomic mass is 19.4. The molecule has 0 spiro atoms. The number of carbonyl (C=O) groups is 1. The number of anilines is 1. The molecule has 0 saturated carbocycles. The largest absolute Gasteiger partial charge is 0.417 e. The fourth-order valence-electron chi connectivity index (χ4n) is 3.28. The molecule has 29 heavy (non-hydrogen) atoms. The summed E-state index contributed by atoms with van der Waals surface area (Å²) in [6.07, 6.45) is -2.90. The molecule has 1 aliphatic heterocycles. The van der Waals surface area contributed by atoms with Gasteiger partial charge in [-0.2, -0.15) is 18.3 Å². The molecule has 0 radical (unpaired) electrons. The number of nitrogens with one attached hydrogen (secondary N) is 2. The van der Waals surface area contributed by atoms with Crippen molar-refractivity contribution in [1.82, 2.24) is 20.5 Å². The van der Waals surface area contributed by atoms with Gasteiger partial charge in [-0.15, -0.1) is 0 Å². The molecule has 6 nitrogen and oxygen atoms in total. The zero-order valence-corrected chi connectivity index (χ0v) is 15.3. The Labute approximate surface area is 164 Å². The third-order valence-electron chi connectivity index (χ3n) is 4.81. The molecule has 1 atom stereocenters. The maximum absolute atomic E-state index is 12.7. The van der Waals surface area contributed by atoms with Gasteiger partial charge in [-0.25, -0.2) is 4.98 Å². The lowest BCUT2D eigenvalue weighted by molar-refractivity contribution is -0.137. The van der Waals surface area contributed by atoms with E-state index < -0.39 is 11.7 Å². The summed E-state index contributed by atoms with van der Waals surface area (Å²) < 4.78 is 38.0. The Hall–Kier alpha value is -3.36. The number of rotatable bonds is 4. The highest BCUT2D eigenvalue weighted by Gasteiger charge is 2.31. The van der Waals surface area contributed by atoms with E-state index in [0.29, 0.717) is 36.7 Å². The number of hydrogen-bond donors (Lipinski definition) is 2. The molecule has 1 saturated heterocycles. The minimum atomic E-state index is -4.41.